The van der Waals surface area contributed by atoms with Crippen LogP contribution in [0.25, 0.3) is 0 Å². The molecule has 1 unspecified atom stereocenters. The fraction of sp³-hybridized carbons (Fsp3) is 0.857. The molecule has 1 aromatic heterocycles. The number of hydrogen-bond acceptors (Lipinski definition) is 3. The van der Waals surface area contributed by atoms with E-state index in [2.05, 4.69) is 43.1 Å². The number of nitrogens with zero attached hydrogens (tertiary/aromatic N) is 3. The summed E-state index contributed by atoms with van der Waals surface area (Å²) in [4.78, 5) is 4.34. The molecule has 0 aromatic carbocycles. The third kappa shape index (κ3) is 4.77. The van der Waals surface area contributed by atoms with Gasteiger partial charge < -0.3 is 5.32 Å². The normalized spacial score (nSPS) is 13.2. The minimum atomic E-state index is 0.379. The van der Waals surface area contributed by atoms with Crippen molar-refractivity contribution in [2.24, 2.45) is 0 Å². The van der Waals surface area contributed by atoms with Crippen LogP contribution in [-0.4, -0.2) is 20.8 Å². The standard InChI is InChI=1S/C14H28N4/c1-5-7-9-13(8-6-2)15-10-14-16-11-17-18(14)12(3)4/h11-13,15H,5-10H2,1-4H3. The van der Waals surface area contributed by atoms with E-state index in [1.165, 1.54) is 32.1 Å². The summed E-state index contributed by atoms with van der Waals surface area (Å²) in [5.74, 6) is 1.04. The Hall–Kier alpha value is -0.900. The monoisotopic (exact) mass is 252 g/mol. The van der Waals surface area contributed by atoms with Crippen molar-refractivity contribution < 1.29 is 0 Å². The molecule has 0 saturated heterocycles. The first kappa shape index (κ1) is 15.2. The Kier molecular flexibility index (Phi) is 6.94. The van der Waals surface area contributed by atoms with Crippen LogP contribution in [0.2, 0.25) is 0 Å². The number of hydrogen-bond donors (Lipinski definition) is 1. The first-order valence-electron chi connectivity index (χ1n) is 7.30. The van der Waals surface area contributed by atoms with Crippen molar-refractivity contribution in [3.8, 4) is 0 Å². The van der Waals surface area contributed by atoms with E-state index >= 15 is 0 Å². The quantitative estimate of drug-likeness (QED) is 0.733. The molecule has 1 rings (SSSR count). The Labute approximate surface area is 111 Å². The molecule has 0 aliphatic carbocycles. The van der Waals surface area contributed by atoms with E-state index in [4.69, 9.17) is 0 Å². The molecule has 1 aromatic rings. The van der Waals surface area contributed by atoms with Gasteiger partial charge in [0.2, 0.25) is 0 Å². The molecule has 0 amide bonds. The summed E-state index contributed by atoms with van der Waals surface area (Å²) in [5.41, 5.74) is 0. The van der Waals surface area contributed by atoms with Crippen LogP contribution in [0.1, 0.15) is 71.7 Å². The topological polar surface area (TPSA) is 42.7 Å². The maximum absolute atomic E-state index is 4.34. The highest BCUT2D eigenvalue weighted by Gasteiger charge is 2.11. The number of aromatic nitrogens is 3. The summed E-state index contributed by atoms with van der Waals surface area (Å²) >= 11 is 0. The van der Waals surface area contributed by atoms with Crippen molar-refractivity contribution in [3.63, 3.8) is 0 Å². The molecule has 0 bridgehead atoms. The molecule has 18 heavy (non-hydrogen) atoms. The Bertz CT molecular complexity index is 319. The second-order valence-electron chi connectivity index (χ2n) is 5.22. The predicted octanol–water partition coefficient (Wildman–Crippen LogP) is 3.31. The van der Waals surface area contributed by atoms with Gasteiger partial charge in [0.05, 0.1) is 6.54 Å². The van der Waals surface area contributed by atoms with Crippen molar-refractivity contribution in [1.29, 1.82) is 0 Å². The fourth-order valence-electron chi connectivity index (χ4n) is 2.21. The van der Waals surface area contributed by atoms with Gasteiger partial charge in [0.25, 0.3) is 0 Å². The molecule has 4 heteroatoms. The van der Waals surface area contributed by atoms with Gasteiger partial charge in [-0.05, 0) is 26.7 Å². The SMILES string of the molecule is CCCCC(CCC)NCc1ncnn1C(C)C. The molecular formula is C14H28N4. The Balaban J connectivity index is 2.47. The van der Waals surface area contributed by atoms with E-state index in [1.807, 2.05) is 4.68 Å². The molecule has 0 radical (unpaired) electrons. The van der Waals surface area contributed by atoms with Gasteiger partial charge in [-0.1, -0.05) is 33.1 Å². The zero-order chi connectivity index (χ0) is 13.4. The largest absolute Gasteiger partial charge is 0.307 e. The molecule has 0 spiro atoms. The number of nitrogens with one attached hydrogen (secondary N) is 1. The molecule has 0 aliphatic rings. The summed E-state index contributed by atoms with van der Waals surface area (Å²) in [6.45, 7) is 9.60. The van der Waals surface area contributed by atoms with Gasteiger partial charge in [0, 0.05) is 12.1 Å². The molecule has 0 aliphatic heterocycles. The highest BCUT2D eigenvalue weighted by molar-refractivity contribution is 4.86. The van der Waals surface area contributed by atoms with Gasteiger partial charge in [0.1, 0.15) is 12.2 Å². The van der Waals surface area contributed by atoms with Crippen LogP contribution in [-0.2, 0) is 6.54 Å². The average molecular weight is 252 g/mol. The summed E-state index contributed by atoms with van der Waals surface area (Å²) in [7, 11) is 0. The van der Waals surface area contributed by atoms with Gasteiger partial charge in [-0.15, -0.1) is 0 Å². The zero-order valence-corrected chi connectivity index (χ0v) is 12.3. The zero-order valence-electron chi connectivity index (χ0n) is 12.3. The predicted molar refractivity (Wildman–Crippen MR) is 75.5 cm³/mol. The minimum absolute atomic E-state index is 0.379. The van der Waals surface area contributed by atoms with E-state index in [1.54, 1.807) is 6.33 Å². The number of unbranched alkanes of at least 4 members (excludes halogenated alkanes) is 1. The fourth-order valence-corrected chi connectivity index (χ4v) is 2.21. The maximum atomic E-state index is 4.34. The van der Waals surface area contributed by atoms with Crippen molar-refractivity contribution in [3.05, 3.63) is 12.2 Å². The summed E-state index contributed by atoms with van der Waals surface area (Å²) < 4.78 is 2.00. The lowest BCUT2D eigenvalue weighted by Crippen LogP contribution is -2.30. The van der Waals surface area contributed by atoms with Crippen LogP contribution < -0.4 is 5.32 Å². The van der Waals surface area contributed by atoms with Crippen molar-refractivity contribution in [2.75, 3.05) is 0 Å². The molecular weight excluding hydrogens is 224 g/mol. The molecule has 0 saturated carbocycles. The Morgan fingerprint density at radius 3 is 2.61 bits per heavy atom. The van der Waals surface area contributed by atoms with E-state index in [9.17, 15) is 0 Å². The van der Waals surface area contributed by atoms with Gasteiger partial charge in [-0.3, -0.25) is 0 Å². The first-order valence-corrected chi connectivity index (χ1v) is 7.30. The molecule has 1 N–H and O–H groups in total. The van der Waals surface area contributed by atoms with Gasteiger partial charge in [0.15, 0.2) is 0 Å². The van der Waals surface area contributed by atoms with Gasteiger partial charge >= 0.3 is 0 Å². The summed E-state index contributed by atoms with van der Waals surface area (Å²) in [6, 6.07) is 0.997. The van der Waals surface area contributed by atoms with Crippen LogP contribution in [0.3, 0.4) is 0 Å². The second kappa shape index (κ2) is 8.25. The van der Waals surface area contributed by atoms with Gasteiger partial charge in [-0.2, -0.15) is 5.10 Å². The van der Waals surface area contributed by atoms with E-state index in [-0.39, 0.29) is 0 Å². The molecule has 1 atom stereocenters. The van der Waals surface area contributed by atoms with Crippen LogP contribution in [0.4, 0.5) is 0 Å². The maximum Gasteiger partial charge on any atom is 0.141 e. The Morgan fingerprint density at radius 2 is 2.00 bits per heavy atom. The van der Waals surface area contributed by atoms with Crippen molar-refractivity contribution >= 4 is 0 Å². The summed E-state index contributed by atoms with van der Waals surface area (Å²) in [5, 5.41) is 7.90. The van der Waals surface area contributed by atoms with Crippen molar-refractivity contribution in [2.45, 2.75) is 78.4 Å². The van der Waals surface area contributed by atoms with Crippen LogP contribution in [0.15, 0.2) is 6.33 Å². The van der Waals surface area contributed by atoms with Crippen LogP contribution in [0.5, 0.6) is 0 Å². The molecule has 1 heterocycles. The Morgan fingerprint density at radius 1 is 1.22 bits per heavy atom. The second-order valence-corrected chi connectivity index (χ2v) is 5.22. The van der Waals surface area contributed by atoms with Crippen LogP contribution >= 0.6 is 0 Å². The lowest BCUT2D eigenvalue weighted by molar-refractivity contribution is 0.412. The average Bonchev–Trinajstić information content (AvgIpc) is 2.81. The smallest absolute Gasteiger partial charge is 0.141 e. The van der Waals surface area contributed by atoms with E-state index in [0.717, 1.165) is 12.4 Å². The molecule has 4 nitrogen and oxygen atoms in total. The van der Waals surface area contributed by atoms with Crippen molar-refractivity contribution in [1.82, 2.24) is 20.1 Å². The summed E-state index contributed by atoms with van der Waals surface area (Å²) in [6.07, 6.45) is 7.96. The van der Waals surface area contributed by atoms with Gasteiger partial charge in [-0.25, -0.2) is 9.67 Å². The third-order valence-corrected chi connectivity index (χ3v) is 3.23. The highest BCUT2D eigenvalue weighted by Crippen LogP contribution is 2.09. The molecule has 104 valence electrons. The number of rotatable bonds is 9. The van der Waals surface area contributed by atoms with Crippen LogP contribution in [0, 0.1) is 0 Å². The lowest BCUT2D eigenvalue weighted by Gasteiger charge is -2.18. The highest BCUT2D eigenvalue weighted by atomic mass is 15.4. The first-order chi connectivity index (χ1) is 8.69. The molecule has 0 fully saturated rings. The lowest BCUT2D eigenvalue weighted by atomic mass is 10.1. The minimum Gasteiger partial charge on any atom is -0.307 e. The third-order valence-electron chi connectivity index (χ3n) is 3.23. The van der Waals surface area contributed by atoms with E-state index in [0.29, 0.717) is 12.1 Å². The van der Waals surface area contributed by atoms with E-state index < -0.39 is 0 Å².